The highest BCUT2D eigenvalue weighted by Gasteiger charge is 2.30. The number of aromatic nitrogens is 1. The van der Waals surface area contributed by atoms with Crippen LogP contribution in [0.3, 0.4) is 0 Å². The van der Waals surface area contributed by atoms with E-state index in [0.717, 1.165) is 35.2 Å². The van der Waals surface area contributed by atoms with Gasteiger partial charge in [0.25, 0.3) is 0 Å². The first kappa shape index (κ1) is 29.1. The van der Waals surface area contributed by atoms with E-state index in [1.54, 1.807) is 21.3 Å². The fourth-order valence-corrected chi connectivity index (χ4v) is 5.03. The molecule has 8 nitrogen and oxygen atoms in total. The molecule has 1 aliphatic rings. The summed E-state index contributed by atoms with van der Waals surface area (Å²) in [5.41, 5.74) is 4.84. The summed E-state index contributed by atoms with van der Waals surface area (Å²) < 4.78 is 22.2. The zero-order chi connectivity index (χ0) is 28.9. The van der Waals surface area contributed by atoms with Crippen molar-refractivity contribution in [2.45, 2.75) is 58.7 Å². The van der Waals surface area contributed by atoms with E-state index >= 15 is 0 Å². The van der Waals surface area contributed by atoms with Crippen molar-refractivity contribution in [1.82, 2.24) is 9.88 Å². The van der Waals surface area contributed by atoms with Crippen molar-refractivity contribution in [2.75, 3.05) is 39.3 Å². The molecule has 0 aliphatic carbocycles. The number of hydrogen-bond acceptors (Lipinski definition) is 7. The number of carbonyl (C=O) groups excluding carboxylic acids is 1. The Kier molecular flexibility index (Phi) is 9.07. The zero-order valence-corrected chi connectivity index (χ0v) is 24.7. The second-order valence-electron chi connectivity index (χ2n) is 11.2. The second kappa shape index (κ2) is 12.5. The van der Waals surface area contributed by atoms with Crippen molar-refractivity contribution in [3.63, 3.8) is 0 Å². The molecule has 0 atom stereocenters. The summed E-state index contributed by atoms with van der Waals surface area (Å²) in [6.45, 7) is 9.80. The lowest BCUT2D eigenvalue weighted by molar-refractivity contribution is 0.0204. The van der Waals surface area contributed by atoms with Crippen molar-refractivity contribution in [2.24, 2.45) is 0 Å². The lowest BCUT2D eigenvalue weighted by Crippen LogP contribution is -2.48. The van der Waals surface area contributed by atoms with Gasteiger partial charge in [0, 0.05) is 49.3 Å². The lowest BCUT2D eigenvalue weighted by Gasteiger charge is -2.40. The Morgan fingerprint density at radius 3 is 2.10 bits per heavy atom. The molecule has 1 saturated heterocycles. The summed E-state index contributed by atoms with van der Waals surface area (Å²) in [5, 5.41) is 0. The first-order chi connectivity index (χ1) is 19.1. The number of nitrogens with zero attached hydrogens (tertiary/aromatic N) is 3. The summed E-state index contributed by atoms with van der Waals surface area (Å²) in [6.07, 6.45) is 5.23. The summed E-state index contributed by atoms with van der Waals surface area (Å²) in [5.74, 6) is 1.75. The van der Waals surface area contributed by atoms with Gasteiger partial charge in [-0.2, -0.15) is 0 Å². The molecule has 214 valence electrons. The molecule has 8 heteroatoms. The van der Waals surface area contributed by atoms with Gasteiger partial charge in [-0.25, -0.2) is 4.79 Å². The molecule has 0 saturated carbocycles. The van der Waals surface area contributed by atoms with Gasteiger partial charge in [-0.3, -0.25) is 4.98 Å². The highest BCUT2D eigenvalue weighted by Crippen LogP contribution is 2.41. The number of aryl methyl sites for hydroxylation is 1. The number of amides is 1. The molecule has 1 fully saturated rings. The number of hydrogen-bond donors (Lipinski definition) is 0. The molecule has 40 heavy (non-hydrogen) atoms. The molecule has 1 amide bonds. The minimum absolute atomic E-state index is 0.241. The Morgan fingerprint density at radius 2 is 1.55 bits per heavy atom. The number of pyridine rings is 1. The van der Waals surface area contributed by atoms with Gasteiger partial charge in [0.05, 0.1) is 21.3 Å². The van der Waals surface area contributed by atoms with Crippen molar-refractivity contribution >= 4 is 11.8 Å². The van der Waals surface area contributed by atoms with Crippen molar-refractivity contribution < 1.29 is 23.7 Å². The van der Waals surface area contributed by atoms with Gasteiger partial charge in [0.1, 0.15) is 5.60 Å². The molecule has 0 unspecified atom stereocenters. The first-order valence-corrected chi connectivity index (χ1v) is 13.7. The van der Waals surface area contributed by atoms with E-state index < -0.39 is 5.60 Å². The van der Waals surface area contributed by atoms with Crippen LogP contribution in [0.1, 0.15) is 44.7 Å². The molecule has 1 aliphatic heterocycles. The van der Waals surface area contributed by atoms with Crippen LogP contribution in [0.4, 0.5) is 10.5 Å². The fraction of sp³-hybridized carbons (Fsp3) is 0.438. The van der Waals surface area contributed by atoms with E-state index in [1.165, 1.54) is 5.56 Å². The SMILES string of the molecule is COc1cc(-c2cncc(CN(c3ccc(C)cc3)C3CCN(C(=O)OC(C)(C)C)CC3)c2)cc(OC)c1OC. The number of ether oxygens (including phenoxy) is 4. The van der Waals surface area contributed by atoms with Crippen molar-refractivity contribution in [3.8, 4) is 28.4 Å². The van der Waals surface area contributed by atoms with E-state index in [1.807, 2.05) is 50.2 Å². The van der Waals surface area contributed by atoms with Crippen LogP contribution in [0.5, 0.6) is 17.2 Å². The van der Waals surface area contributed by atoms with E-state index in [9.17, 15) is 4.79 Å². The molecule has 4 rings (SSSR count). The lowest BCUT2D eigenvalue weighted by atomic mass is 10.0. The number of methoxy groups -OCH3 is 3. The number of anilines is 1. The summed E-state index contributed by atoms with van der Waals surface area (Å²) in [7, 11) is 4.83. The summed E-state index contributed by atoms with van der Waals surface area (Å²) in [6, 6.07) is 14.9. The van der Waals surface area contributed by atoms with Crippen LogP contribution in [0, 0.1) is 6.92 Å². The van der Waals surface area contributed by atoms with E-state index in [2.05, 4.69) is 47.1 Å². The van der Waals surface area contributed by atoms with Gasteiger partial charge in [0.15, 0.2) is 11.5 Å². The van der Waals surface area contributed by atoms with E-state index in [0.29, 0.717) is 36.9 Å². The van der Waals surface area contributed by atoms with Gasteiger partial charge < -0.3 is 28.7 Å². The average Bonchev–Trinajstić information content (AvgIpc) is 2.95. The largest absolute Gasteiger partial charge is 0.493 e. The van der Waals surface area contributed by atoms with Gasteiger partial charge in [0.2, 0.25) is 5.75 Å². The monoisotopic (exact) mass is 547 g/mol. The van der Waals surface area contributed by atoms with Crippen LogP contribution in [0.2, 0.25) is 0 Å². The first-order valence-electron chi connectivity index (χ1n) is 13.7. The molecule has 2 aromatic carbocycles. The standard InChI is InChI=1S/C32H41N3O5/c1-22-8-10-26(11-9-22)35(27-12-14-34(15-13-27)31(36)40-32(2,3)4)21-23-16-25(20-33-19-23)24-17-28(37-5)30(39-7)29(18-24)38-6/h8-11,16-20,27H,12-15,21H2,1-7H3. The fourth-order valence-electron chi connectivity index (χ4n) is 5.03. The molecular formula is C32H41N3O5. The van der Waals surface area contributed by atoms with E-state index in [-0.39, 0.29) is 12.1 Å². The maximum Gasteiger partial charge on any atom is 0.410 e. The number of benzene rings is 2. The minimum Gasteiger partial charge on any atom is -0.493 e. The predicted molar refractivity (Wildman–Crippen MR) is 158 cm³/mol. The zero-order valence-electron chi connectivity index (χ0n) is 24.7. The molecule has 0 spiro atoms. The molecule has 0 radical (unpaired) electrons. The Labute approximate surface area is 237 Å². The molecule has 2 heterocycles. The highest BCUT2D eigenvalue weighted by atomic mass is 16.6. The Hall–Kier alpha value is -3.94. The summed E-state index contributed by atoms with van der Waals surface area (Å²) >= 11 is 0. The van der Waals surface area contributed by atoms with Crippen molar-refractivity contribution in [3.05, 3.63) is 66.0 Å². The smallest absolute Gasteiger partial charge is 0.410 e. The molecule has 0 N–H and O–H groups in total. The normalized spacial score (nSPS) is 14.0. The number of piperidine rings is 1. The minimum atomic E-state index is -0.502. The molecular weight excluding hydrogens is 506 g/mol. The Bertz CT molecular complexity index is 1270. The number of carbonyl (C=O) groups is 1. The van der Waals surface area contributed by atoms with Crippen LogP contribution in [0.15, 0.2) is 54.9 Å². The average molecular weight is 548 g/mol. The van der Waals surface area contributed by atoms with E-state index in [4.69, 9.17) is 18.9 Å². The maximum atomic E-state index is 12.6. The van der Waals surface area contributed by atoms with Crippen LogP contribution in [-0.2, 0) is 11.3 Å². The highest BCUT2D eigenvalue weighted by molar-refractivity contribution is 5.71. The van der Waals surface area contributed by atoms with Crippen LogP contribution in [0.25, 0.3) is 11.1 Å². The van der Waals surface area contributed by atoms with Crippen LogP contribution in [-0.4, -0.2) is 62.0 Å². The molecule has 3 aromatic rings. The van der Waals surface area contributed by atoms with Gasteiger partial charge in [-0.15, -0.1) is 0 Å². The van der Waals surface area contributed by atoms with Gasteiger partial charge in [-0.1, -0.05) is 17.7 Å². The Morgan fingerprint density at radius 1 is 0.925 bits per heavy atom. The Balaban J connectivity index is 1.59. The summed E-state index contributed by atoms with van der Waals surface area (Å²) in [4.78, 5) is 21.5. The number of likely N-dealkylation sites (tertiary alicyclic amines) is 1. The van der Waals surface area contributed by atoms with Crippen LogP contribution >= 0.6 is 0 Å². The van der Waals surface area contributed by atoms with Gasteiger partial charge >= 0.3 is 6.09 Å². The quantitative estimate of drug-likeness (QED) is 0.319. The van der Waals surface area contributed by atoms with Crippen molar-refractivity contribution in [1.29, 1.82) is 0 Å². The maximum absolute atomic E-state index is 12.6. The second-order valence-corrected chi connectivity index (χ2v) is 11.2. The third kappa shape index (κ3) is 6.97. The number of rotatable bonds is 8. The third-order valence-corrected chi connectivity index (χ3v) is 7.07. The van der Waals surface area contributed by atoms with Gasteiger partial charge in [-0.05, 0) is 82.0 Å². The third-order valence-electron chi connectivity index (χ3n) is 7.07. The predicted octanol–water partition coefficient (Wildman–Crippen LogP) is 6.49. The topological polar surface area (TPSA) is 73.4 Å². The molecule has 1 aromatic heterocycles. The molecule has 0 bridgehead atoms. The van der Waals surface area contributed by atoms with Crippen LogP contribution < -0.4 is 19.1 Å².